The predicted molar refractivity (Wildman–Crippen MR) is 109 cm³/mol. The van der Waals surface area contributed by atoms with E-state index in [1.54, 1.807) is 0 Å². The van der Waals surface area contributed by atoms with Crippen LogP contribution in [0.15, 0.2) is 72.9 Å². The summed E-state index contributed by atoms with van der Waals surface area (Å²) in [4.78, 5) is 7.01. The molecule has 0 aliphatic carbocycles. The van der Waals surface area contributed by atoms with Crippen LogP contribution in [0.1, 0.15) is 22.8 Å². The number of rotatable bonds is 5. The second-order valence-electron chi connectivity index (χ2n) is 7.05. The molecule has 4 heteroatoms. The SMILES string of the molecule is Cc1ccc(Nc2ccc(CN3CCOC(c4ccccc4)C3)cn2)cc1. The van der Waals surface area contributed by atoms with Gasteiger partial charge in [0.05, 0.1) is 12.7 Å². The Morgan fingerprint density at radius 2 is 1.85 bits per heavy atom. The quantitative estimate of drug-likeness (QED) is 0.716. The van der Waals surface area contributed by atoms with Crippen LogP contribution >= 0.6 is 0 Å². The van der Waals surface area contributed by atoms with Crippen molar-refractivity contribution in [3.63, 3.8) is 0 Å². The van der Waals surface area contributed by atoms with Crippen molar-refractivity contribution in [2.24, 2.45) is 0 Å². The summed E-state index contributed by atoms with van der Waals surface area (Å²) in [5.41, 5.74) is 4.78. The number of nitrogens with zero attached hydrogens (tertiary/aromatic N) is 2. The van der Waals surface area contributed by atoms with Gasteiger partial charge in [-0.05, 0) is 36.2 Å². The number of aryl methyl sites for hydroxylation is 1. The molecule has 27 heavy (non-hydrogen) atoms. The Kier molecular flexibility index (Phi) is 5.47. The Balaban J connectivity index is 1.36. The molecule has 2 heterocycles. The minimum Gasteiger partial charge on any atom is -0.371 e. The van der Waals surface area contributed by atoms with Gasteiger partial charge in [-0.1, -0.05) is 54.1 Å². The summed E-state index contributed by atoms with van der Waals surface area (Å²) < 4.78 is 5.96. The molecule has 4 nitrogen and oxygen atoms in total. The predicted octanol–water partition coefficient (Wildman–Crippen LogP) is 4.71. The number of hydrogen-bond donors (Lipinski definition) is 1. The average molecular weight is 359 g/mol. The molecule has 0 radical (unpaired) electrons. The molecule has 0 bridgehead atoms. The van der Waals surface area contributed by atoms with E-state index in [9.17, 15) is 0 Å². The Hall–Kier alpha value is -2.69. The van der Waals surface area contributed by atoms with Crippen LogP contribution in [-0.4, -0.2) is 29.6 Å². The van der Waals surface area contributed by atoms with Crippen molar-refractivity contribution in [2.75, 3.05) is 25.0 Å². The fourth-order valence-electron chi connectivity index (χ4n) is 3.35. The summed E-state index contributed by atoms with van der Waals surface area (Å²) in [6, 6.07) is 23.0. The van der Waals surface area contributed by atoms with Gasteiger partial charge < -0.3 is 10.1 Å². The van der Waals surface area contributed by atoms with E-state index in [0.29, 0.717) is 0 Å². The lowest BCUT2D eigenvalue weighted by Gasteiger charge is -2.33. The zero-order valence-corrected chi connectivity index (χ0v) is 15.6. The van der Waals surface area contributed by atoms with Crippen LogP contribution in [0.25, 0.3) is 0 Å². The number of nitrogens with one attached hydrogen (secondary N) is 1. The Labute approximate surface area is 160 Å². The molecule has 3 aromatic rings. The van der Waals surface area contributed by atoms with Gasteiger partial charge in [0.1, 0.15) is 5.82 Å². The van der Waals surface area contributed by atoms with Crippen molar-refractivity contribution < 1.29 is 4.74 Å². The molecule has 4 rings (SSSR count). The van der Waals surface area contributed by atoms with Crippen LogP contribution < -0.4 is 5.32 Å². The number of ether oxygens (including phenoxy) is 1. The standard InChI is InChI=1S/C23H25N3O/c1-18-7-10-21(11-8-18)25-23-12-9-19(15-24-23)16-26-13-14-27-22(17-26)20-5-3-2-4-6-20/h2-12,15,22H,13-14,16-17H2,1H3,(H,24,25). The highest BCUT2D eigenvalue weighted by molar-refractivity contribution is 5.56. The van der Waals surface area contributed by atoms with Crippen LogP contribution in [0.4, 0.5) is 11.5 Å². The summed E-state index contributed by atoms with van der Waals surface area (Å²) in [6.45, 7) is 5.61. The van der Waals surface area contributed by atoms with Gasteiger partial charge in [-0.15, -0.1) is 0 Å². The third-order valence-electron chi connectivity index (χ3n) is 4.88. The number of hydrogen-bond acceptors (Lipinski definition) is 4. The van der Waals surface area contributed by atoms with Gasteiger partial charge in [0, 0.05) is 31.5 Å². The normalized spacial score (nSPS) is 17.6. The highest BCUT2D eigenvalue weighted by atomic mass is 16.5. The maximum Gasteiger partial charge on any atom is 0.130 e. The lowest BCUT2D eigenvalue weighted by molar-refractivity contribution is -0.0329. The molecule has 0 saturated carbocycles. The Bertz CT molecular complexity index is 847. The molecule has 1 fully saturated rings. The monoisotopic (exact) mass is 359 g/mol. The summed E-state index contributed by atoms with van der Waals surface area (Å²) in [5.74, 6) is 0.867. The zero-order chi connectivity index (χ0) is 18.5. The first-order chi connectivity index (χ1) is 13.3. The molecule has 1 atom stereocenters. The second kappa shape index (κ2) is 8.33. The molecular weight excluding hydrogens is 334 g/mol. The van der Waals surface area contributed by atoms with Crippen LogP contribution in [0.2, 0.25) is 0 Å². The fraction of sp³-hybridized carbons (Fsp3) is 0.261. The van der Waals surface area contributed by atoms with Crippen LogP contribution in [0.3, 0.4) is 0 Å². The molecule has 138 valence electrons. The molecule has 0 amide bonds. The van der Waals surface area contributed by atoms with Crippen molar-refractivity contribution in [1.29, 1.82) is 0 Å². The summed E-state index contributed by atoms with van der Waals surface area (Å²) in [6.07, 6.45) is 2.11. The molecule has 0 spiro atoms. The maximum absolute atomic E-state index is 5.96. The van der Waals surface area contributed by atoms with Crippen molar-refractivity contribution in [2.45, 2.75) is 19.6 Å². The lowest BCUT2D eigenvalue weighted by atomic mass is 10.1. The summed E-state index contributed by atoms with van der Waals surface area (Å²) in [7, 11) is 0. The van der Waals surface area contributed by atoms with E-state index >= 15 is 0 Å². The van der Waals surface area contributed by atoms with Crippen LogP contribution in [0, 0.1) is 6.92 Å². The summed E-state index contributed by atoms with van der Waals surface area (Å²) in [5, 5.41) is 3.35. The highest BCUT2D eigenvalue weighted by Crippen LogP contribution is 2.23. The highest BCUT2D eigenvalue weighted by Gasteiger charge is 2.21. The van der Waals surface area contributed by atoms with Gasteiger partial charge in [-0.3, -0.25) is 4.90 Å². The van der Waals surface area contributed by atoms with Gasteiger partial charge in [0.15, 0.2) is 0 Å². The van der Waals surface area contributed by atoms with Gasteiger partial charge in [0.25, 0.3) is 0 Å². The van der Waals surface area contributed by atoms with Gasteiger partial charge in [0.2, 0.25) is 0 Å². The first-order valence-electron chi connectivity index (χ1n) is 9.44. The second-order valence-corrected chi connectivity index (χ2v) is 7.05. The van der Waals surface area contributed by atoms with E-state index in [1.165, 1.54) is 16.7 Å². The smallest absolute Gasteiger partial charge is 0.130 e. The summed E-state index contributed by atoms with van der Waals surface area (Å²) >= 11 is 0. The van der Waals surface area contributed by atoms with Crippen molar-refractivity contribution in [1.82, 2.24) is 9.88 Å². The van der Waals surface area contributed by atoms with E-state index < -0.39 is 0 Å². The first kappa shape index (κ1) is 17.7. The lowest BCUT2D eigenvalue weighted by Crippen LogP contribution is -2.37. The largest absolute Gasteiger partial charge is 0.371 e. The number of morpholine rings is 1. The third-order valence-corrected chi connectivity index (χ3v) is 4.88. The van der Waals surface area contributed by atoms with E-state index in [-0.39, 0.29) is 6.10 Å². The molecule has 1 aliphatic heterocycles. The Morgan fingerprint density at radius 1 is 1.04 bits per heavy atom. The number of benzene rings is 2. The van der Waals surface area contributed by atoms with Gasteiger partial charge in [-0.25, -0.2) is 4.98 Å². The number of pyridine rings is 1. The maximum atomic E-state index is 5.96. The Morgan fingerprint density at radius 3 is 2.59 bits per heavy atom. The fourth-order valence-corrected chi connectivity index (χ4v) is 3.35. The molecule has 1 aliphatic rings. The molecule has 1 unspecified atom stereocenters. The molecular formula is C23H25N3O. The number of anilines is 2. The van der Waals surface area contributed by atoms with Crippen LogP contribution in [0.5, 0.6) is 0 Å². The van der Waals surface area contributed by atoms with Crippen LogP contribution in [-0.2, 0) is 11.3 Å². The van der Waals surface area contributed by atoms with E-state index in [0.717, 1.165) is 37.7 Å². The van der Waals surface area contributed by atoms with Crippen molar-refractivity contribution in [3.05, 3.63) is 89.6 Å². The van der Waals surface area contributed by atoms with E-state index in [4.69, 9.17) is 4.74 Å². The topological polar surface area (TPSA) is 37.4 Å². The van der Waals surface area contributed by atoms with Crippen molar-refractivity contribution >= 4 is 11.5 Å². The molecule has 1 N–H and O–H groups in total. The number of aromatic nitrogens is 1. The molecule has 1 saturated heterocycles. The molecule has 2 aromatic carbocycles. The molecule has 1 aromatic heterocycles. The average Bonchev–Trinajstić information content (AvgIpc) is 2.72. The third kappa shape index (κ3) is 4.73. The minimum absolute atomic E-state index is 0.149. The van der Waals surface area contributed by atoms with Crippen molar-refractivity contribution in [3.8, 4) is 0 Å². The van der Waals surface area contributed by atoms with E-state index in [2.05, 4.69) is 76.7 Å². The van der Waals surface area contributed by atoms with Gasteiger partial charge in [-0.2, -0.15) is 0 Å². The minimum atomic E-state index is 0.149. The van der Waals surface area contributed by atoms with Gasteiger partial charge >= 0.3 is 0 Å². The van der Waals surface area contributed by atoms with E-state index in [1.807, 2.05) is 18.3 Å². The zero-order valence-electron chi connectivity index (χ0n) is 15.6. The first-order valence-corrected chi connectivity index (χ1v) is 9.44.